The molecule has 1 aliphatic carbocycles. The van der Waals surface area contributed by atoms with Crippen LogP contribution in [0.2, 0.25) is 0 Å². The van der Waals surface area contributed by atoms with Gasteiger partial charge < -0.3 is 9.47 Å². The molecule has 0 amide bonds. The summed E-state index contributed by atoms with van der Waals surface area (Å²) in [6, 6.07) is 5.37. The van der Waals surface area contributed by atoms with E-state index in [2.05, 4.69) is 19.7 Å². The van der Waals surface area contributed by atoms with Crippen molar-refractivity contribution in [1.82, 2.24) is 0 Å². The maximum Gasteiger partial charge on any atom is 0.335 e. The molecular formula is C21H18O4. The fraction of sp³-hybridized carbons (Fsp3) is 0.0476. The zero-order valence-corrected chi connectivity index (χ0v) is 13.7. The minimum Gasteiger partial charge on any atom is -0.423 e. The van der Waals surface area contributed by atoms with Crippen molar-refractivity contribution in [2.24, 2.45) is 0 Å². The van der Waals surface area contributed by atoms with Gasteiger partial charge >= 0.3 is 11.9 Å². The number of esters is 2. The van der Waals surface area contributed by atoms with Crippen LogP contribution < -0.4 is 4.74 Å². The van der Waals surface area contributed by atoms with E-state index in [0.29, 0.717) is 23.5 Å². The summed E-state index contributed by atoms with van der Waals surface area (Å²) in [7, 11) is 0. The van der Waals surface area contributed by atoms with Crippen LogP contribution in [0.25, 0.3) is 6.08 Å². The Morgan fingerprint density at radius 3 is 2.44 bits per heavy atom. The van der Waals surface area contributed by atoms with Crippen LogP contribution in [0.3, 0.4) is 0 Å². The summed E-state index contributed by atoms with van der Waals surface area (Å²) in [5.74, 6) is -0.209. The molecular weight excluding hydrogens is 316 g/mol. The molecule has 4 nitrogen and oxygen atoms in total. The molecule has 4 heteroatoms. The Morgan fingerprint density at radius 1 is 1.00 bits per heavy atom. The van der Waals surface area contributed by atoms with Gasteiger partial charge in [0.2, 0.25) is 0 Å². The molecule has 0 aromatic heterocycles. The number of rotatable bonds is 4. The molecule has 0 radical (unpaired) electrons. The van der Waals surface area contributed by atoms with Gasteiger partial charge in [0, 0.05) is 12.2 Å². The number of hydrogen-bond acceptors (Lipinski definition) is 4. The summed E-state index contributed by atoms with van der Waals surface area (Å²) >= 11 is 0. The zero-order chi connectivity index (χ0) is 18.2. The van der Waals surface area contributed by atoms with Crippen LogP contribution in [0.5, 0.6) is 5.75 Å². The zero-order valence-electron chi connectivity index (χ0n) is 13.7. The molecule has 0 saturated heterocycles. The van der Waals surface area contributed by atoms with Gasteiger partial charge in [-0.2, -0.15) is 0 Å². The van der Waals surface area contributed by atoms with E-state index in [1.54, 1.807) is 30.4 Å². The Hall–Kier alpha value is -3.40. The number of benzene rings is 1. The van der Waals surface area contributed by atoms with Crippen LogP contribution in [-0.4, -0.2) is 11.9 Å². The van der Waals surface area contributed by atoms with Gasteiger partial charge in [-0.1, -0.05) is 44.0 Å². The Morgan fingerprint density at radius 2 is 1.72 bits per heavy atom. The summed E-state index contributed by atoms with van der Waals surface area (Å²) in [5.41, 5.74) is 2.58. The van der Waals surface area contributed by atoms with E-state index in [1.807, 2.05) is 18.2 Å². The highest BCUT2D eigenvalue weighted by Gasteiger charge is 2.07. The van der Waals surface area contributed by atoms with Gasteiger partial charge in [-0.3, -0.25) is 0 Å². The van der Waals surface area contributed by atoms with Crippen LogP contribution in [-0.2, 0) is 20.7 Å². The van der Waals surface area contributed by atoms with Crippen molar-refractivity contribution in [1.29, 1.82) is 0 Å². The first-order valence-electron chi connectivity index (χ1n) is 7.58. The third-order valence-corrected chi connectivity index (χ3v) is 3.31. The Balaban J connectivity index is 2.30. The lowest BCUT2D eigenvalue weighted by atomic mass is 10.0. The fourth-order valence-electron chi connectivity index (χ4n) is 2.13. The van der Waals surface area contributed by atoms with E-state index >= 15 is 0 Å². The molecule has 1 aromatic rings. The smallest absolute Gasteiger partial charge is 0.335 e. The average molecular weight is 334 g/mol. The molecule has 0 spiro atoms. The summed E-state index contributed by atoms with van der Waals surface area (Å²) in [4.78, 5) is 22.7. The second-order valence-corrected chi connectivity index (χ2v) is 5.17. The quantitative estimate of drug-likeness (QED) is 0.473. The van der Waals surface area contributed by atoms with Gasteiger partial charge in [0.1, 0.15) is 11.5 Å². The summed E-state index contributed by atoms with van der Waals surface area (Å²) in [6.45, 7) is 10.7. The van der Waals surface area contributed by atoms with E-state index < -0.39 is 11.9 Å². The highest BCUT2D eigenvalue weighted by atomic mass is 16.5. The number of ether oxygens (including phenoxy) is 2. The van der Waals surface area contributed by atoms with Gasteiger partial charge in [0.25, 0.3) is 0 Å². The number of carbonyl (C=O) groups is 2. The van der Waals surface area contributed by atoms with Crippen molar-refractivity contribution in [3.8, 4) is 5.75 Å². The largest absolute Gasteiger partial charge is 0.423 e. The second kappa shape index (κ2) is 8.45. The molecule has 2 rings (SSSR count). The van der Waals surface area contributed by atoms with Crippen LogP contribution in [0.4, 0.5) is 0 Å². The second-order valence-electron chi connectivity index (χ2n) is 5.17. The van der Waals surface area contributed by atoms with Crippen LogP contribution in [0.1, 0.15) is 11.1 Å². The third-order valence-electron chi connectivity index (χ3n) is 3.31. The van der Waals surface area contributed by atoms with Crippen molar-refractivity contribution in [3.63, 3.8) is 0 Å². The molecule has 1 aromatic carbocycles. The lowest BCUT2D eigenvalue weighted by Crippen LogP contribution is -2.03. The minimum atomic E-state index is -0.529. The lowest BCUT2D eigenvalue weighted by Gasteiger charge is -2.09. The SMILES string of the molecule is C=CC(=O)OC1=CC(=C)/C=C\c2cc(OC(=O)C=C)ccc2CC=C1. The normalized spacial score (nSPS) is 14.6. The average Bonchev–Trinajstić information content (AvgIpc) is 2.60. The molecule has 0 unspecified atom stereocenters. The molecule has 0 bridgehead atoms. The molecule has 0 saturated carbocycles. The highest BCUT2D eigenvalue weighted by Crippen LogP contribution is 2.22. The molecule has 0 N–H and O–H groups in total. The highest BCUT2D eigenvalue weighted by molar-refractivity contribution is 5.83. The number of hydrogen-bond donors (Lipinski definition) is 0. The van der Waals surface area contributed by atoms with Crippen molar-refractivity contribution >= 4 is 18.0 Å². The molecule has 0 aliphatic heterocycles. The van der Waals surface area contributed by atoms with Crippen molar-refractivity contribution in [3.05, 3.63) is 96.9 Å². The number of carbonyl (C=O) groups excluding carboxylic acids is 2. The van der Waals surface area contributed by atoms with E-state index in [-0.39, 0.29) is 0 Å². The molecule has 0 heterocycles. The first-order valence-corrected chi connectivity index (χ1v) is 7.58. The first-order chi connectivity index (χ1) is 12.0. The number of allylic oxidation sites excluding steroid dienone is 5. The van der Waals surface area contributed by atoms with Gasteiger partial charge in [0.05, 0.1) is 0 Å². The van der Waals surface area contributed by atoms with Crippen LogP contribution in [0, 0.1) is 0 Å². The minimum absolute atomic E-state index is 0.388. The van der Waals surface area contributed by atoms with Gasteiger partial charge in [0.15, 0.2) is 0 Å². The van der Waals surface area contributed by atoms with Crippen molar-refractivity contribution < 1.29 is 19.1 Å². The van der Waals surface area contributed by atoms with E-state index in [9.17, 15) is 9.59 Å². The molecule has 1 aliphatic rings. The molecule has 0 atom stereocenters. The monoisotopic (exact) mass is 334 g/mol. The van der Waals surface area contributed by atoms with Gasteiger partial charge in [-0.15, -0.1) is 0 Å². The standard InChI is InChI=1S/C21H18O4/c1-4-20(22)24-18-8-6-7-16-11-12-19(25-21(23)5-2)14-17(16)10-9-15(3)13-18/h4-6,8-14H,1-3,7H2/b8-6?,10-9-,18-13?. The molecule has 126 valence electrons. The summed E-state index contributed by atoms with van der Waals surface area (Å²) in [5, 5.41) is 0. The molecule has 0 fully saturated rings. The summed E-state index contributed by atoms with van der Waals surface area (Å²) in [6.07, 6.45) is 11.7. The maximum absolute atomic E-state index is 11.4. The van der Waals surface area contributed by atoms with E-state index in [0.717, 1.165) is 23.3 Å². The fourth-order valence-corrected chi connectivity index (χ4v) is 2.13. The predicted molar refractivity (Wildman–Crippen MR) is 97.7 cm³/mol. The Labute approximate surface area is 146 Å². The Bertz CT molecular complexity index is 822. The van der Waals surface area contributed by atoms with E-state index in [4.69, 9.17) is 9.47 Å². The van der Waals surface area contributed by atoms with Crippen molar-refractivity contribution in [2.45, 2.75) is 6.42 Å². The molecule has 25 heavy (non-hydrogen) atoms. The lowest BCUT2D eigenvalue weighted by molar-refractivity contribution is -0.133. The van der Waals surface area contributed by atoms with Crippen LogP contribution in [0.15, 0.2) is 85.7 Å². The summed E-state index contributed by atoms with van der Waals surface area (Å²) < 4.78 is 10.3. The van der Waals surface area contributed by atoms with Gasteiger partial charge in [-0.25, -0.2) is 9.59 Å². The topological polar surface area (TPSA) is 52.6 Å². The van der Waals surface area contributed by atoms with Crippen molar-refractivity contribution in [2.75, 3.05) is 0 Å². The van der Waals surface area contributed by atoms with E-state index in [1.165, 1.54) is 0 Å². The van der Waals surface area contributed by atoms with Crippen LogP contribution >= 0.6 is 0 Å². The number of fused-ring (bicyclic) bond motifs is 1. The third kappa shape index (κ3) is 5.32. The van der Waals surface area contributed by atoms with Gasteiger partial charge in [-0.05, 0) is 47.4 Å². The maximum atomic E-state index is 11.4. The predicted octanol–water partition coefficient (Wildman–Crippen LogP) is 4.07. The Kier molecular flexibility index (Phi) is 6.07. The first kappa shape index (κ1) is 17.9.